The molecule has 3 N–H and O–H groups in total. The number of benzene rings is 1. The maximum atomic E-state index is 12.4. The molecule has 1 aromatic carbocycles. The molecule has 1 heterocycles. The molecule has 0 radical (unpaired) electrons. The molecule has 0 bridgehead atoms. The van der Waals surface area contributed by atoms with Crippen LogP contribution in [0.25, 0.3) is 0 Å². The number of urea groups is 1. The lowest BCUT2D eigenvalue weighted by Gasteiger charge is -2.22. The molecule has 0 fully saturated rings. The second-order valence-corrected chi connectivity index (χ2v) is 7.38. The lowest BCUT2D eigenvalue weighted by atomic mass is 9.84. The molecule has 132 valence electrons. The maximum absolute atomic E-state index is 12.4. The average molecular weight is 340 g/mol. The minimum atomic E-state index is -1.23. The third-order valence-electron chi connectivity index (χ3n) is 5.48. The number of nitrogens with one attached hydrogen (secondary N) is 2. The Morgan fingerprint density at radius 1 is 1.36 bits per heavy atom. The molecule has 0 saturated heterocycles. The van der Waals surface area contributed by atoms with Gasteiger partial charge in [-0.3, -0.25) is 0 Å². The lowest BCUT2D eigenvalue weighted by Crippen LogP contribution is -2.44. The van der Waals surface area contributed by atoms with Crippen molar-refractivity contribution >= 4 is 6.03 Å². The van der Waals surface area contributed by atoms with E-state index in [0.717, 1.165) is 12.8 Å². The van der Waals surface area contributed by atoms with Crippen molar-refractivity contribution < 1.29 is 14.3 Å². The van der Waals surface area contributed by atoms with E-state index in [1.807, 2.05) is 0 Å². The van der Waals surface area contributed by atoms with Crippen LogP contribution in [0.2, 0.25) is 0 Å². The molecule has 2 aliphatic rings. The highest BCUT2D eigenvalue weighted by atomic mass is 16.4. The van der Waals surface area contributed by atoms with Gasteiger partial charge in [0.1, 0.15) is 11.4 Å². The molecule has 5 heteroatoms. The van der Waals surface area contributed by atoms with E-state index in [2.05, 4.69) is 28.8 Å². The van der Waals surface area contributed by atoms with Crippen molar-refractivity contribution in [2.75, 3.05) is 6.54 Å². The van der Waals surface area contributed by atoms with E-state index >= 15 is 0 Å². The van der Waals surface area contributed by atoms with Gasteiger partial charge in [-0.05, 0) is 67.3 Å². The summed E-state index contributed by atoms with van der Waals surface area (Å²) in [5.74, 6) is 1.01. The molecule has 3 unspecified atom stereocenters. The number of hydrogen-bond donors (Lipinski definition) is 3. The Labute approximate surface area is 147 Å². The van der Waals surface area contributed by atoms with Crippen LogP contribution in [-0.2, 0) is 12.0 Å². The maximum Gasteiger partial charge on any atom is 0.315 e. The van der Waals surface area contributed by atoms with Crippen LogP contribution in [0, 0.1) is 0 Å². The van der Waals surface area contributed by atoms with Gasteiger partial charge >= 0.3 is 6.03 Å². The summed E-state index contributed by atoms with van der Waals surface area (Å²) in [7, 11) is 0. The van der Waals surface area contributed by atoms with Gasteiger partial charge < -0.3 is 20.2 Å². The van der Waals surface area contributed by atoms with Crippen LogP contribution in [0.1, 0.15) is 60.6 Å². The smallest absolute Gasteiger partial charge is 0.315 e. The Balaban J connectivity index is 1.40. The Morgan fingerprint density at radius 2 is 2.24 bits per heavy atom. The summed E-state index contributed by atoms with van der Waals surface area (Å²) in [5, 5.41) is 16.3. The fourth-order valence-corrected chi connectivity index (χ4v) is 4.25. The zero-order chi connectivity index (χ0) is 17.4. The number of rotatable bonds is 4. The molecule has 25 heavy (non-hydrogen) atoms. The molecular formula is C20H24N2O3. The minimum Gasteiger partial charge on any atom is -0.466 e. The highest BCUT2D eigenvalue weighted by Gasteiger charge is 2.35. The third-order valence-corrected chi connectivity index (χ3v) is 5.48. The van der Waals surface area contributed by atoms with Crippen LogP contribution in [0.5, 0.6) is 0 Å². The molecule has 3 atom stereocenters. The molecular weight excluding hydrogens is 316 g/mol. The van der Waals surface area contributed by atoms with Crippen LogP contribution in [0.15, 0.2) is 41.0 Å². The predicted molar refractivity (Wildman–Crippen MR) is 94.3 cm³/mol. The summed E-state index contributed by atoms with van der Waals surface area (Å²) in [6.07, 6.45) is 6.06. The molecule has 5 nitrogen and oxygen atoms in total. The number of amides is 2. The first-order chi connectivity index (χ1) is 12.0. The quantitative estimate of drug-likeness (QED) is 0.799. The Hall–Kier alpha value is -2.27. The minimum absolute atomic E-state index is 0.0478. The molecule has 2 aliphatic carbocycles. The first kappa shape index (κ1) is 16.2. The topological polar surface area (TPSA) is 74.5 Å². The standard InChI is InChI=1S/C20H24N2O3/c1-20(24,17-9-4-10-25-17)12-21-19(23)22-16-11-14-7-2-5-13-6-3-8-15(16)18(13)14/h3-4,6,8-10,14,16,24H,2,5,7,11-12H2,1H3,(H2,21,22,23). The average Bonchev–Trinajstić information content (AvgIpc) is 3.25. The Kier molecular flexibility index (Phi) is 4.04. The van der Waals surface area contributed by atoms with Crippen LogP contribution in [0.4, 0.5) is 4.79 Å². The fraction of sp³-hybridized carbons (Fsp3) is 0.450. The number of carbonyl (C=O) groups is 1. The zero-order valence-corrected chi connectivity index (χ0v) is 14.4. The summed E-state index contributed by atoms with van der Waals surface area (Å²) in [4.78, 5) is 12.4. The first-order valence-corrected chi connectivity index (χ1v) is 8.97. The highest BCUT2D eigenvalue weighted by molar-refractivity contribution is 5.75. The summed E-state index contributed by atoms with van der Waals surface area (Å²) in [6, 6.07) is 9.66. The van der Waals surface area contributed by atoms with E-state index < -0.39 is 5.60 Å². The monoisotopic (exact) mass is 340 g/mol. The van der Waals surface area contributed by atoms with Gasteiger partial charge in [-0.1, -0.05) is 18.2 Å². The lowest BCUT2D eigenvalue weighted by molar-refractivity contribution is 0.0366. The number of aliphatic hydroxyl groups is 1. The van der Waals surface area contributed by atoms with Crippen molar-refractivity contribution in [3.8, 4) is 0 Å². The van der Waals surface area contributed by atoms with Crippen LogP contribution in [0.3, 0.4) is 0 Å². The van der Waals surface area contributed by atoms with Crippen LogP contribution < -0.4 is 10.6 Å². The summed E-state index contributed by atoms with van der Waals surface area (Å²) in [6.45, 7) is 1.72. The van der Waals surface area contributed by atoms with Gasteiger partial charge in [0, 0.05) is 0 Å². The second kappa shape index (κ2) is 6.23. The van der Waals surface area contributed by atoms with Crippen molar-refractivity contribution in [2.24, 2.45) is 0 Å². The Bertz CT molecular complexity index is 767. The van der Waals surface area contributed by atoms with Gasteiger partial charge in [0.25, 0.3) is 0 Å². The first-order valence-electron chi connectivity index (χ1n) is 8.97. The molecule has 4 rings (SSSR count). The van der Waals surface area contributed by atoms with Gasteiger partial charge in [-0.25, -0.2) is 4.79 Å². The van der Waals surface area contributed by atoms with Crippen molar-refractivity contribution in [1.29, 1.82) is 0 Å². The van der Waals surface area contributed by atoms with Gasteiger partial charge in [0.05, 0.1) is 18.8 Å². The van der Waals surface area contributed by atoms with E-state index in [1.54, 1.807) is 19.1 Å². The van der Waals surface area contributed by atoms with Crippen molar-refractivity contribution in [3.05, 3.63) is 59.0 Å². The summed E-state index contributed by atoms with van der Waals surface area (Å²) < 4.78 is 5.24. The van der Waals surface area contributed by atoms with E-state index in [1.165, 1.54) is 35.8 Å². The largest absolute Gasteiger partial charge is 0.466 e. The highest BCUT2D eigenvalue weighted by Crippen LogP contribution is 2.47. The zero-order valence-electron chi connectivity index (χ0n) is 14.4. The number of carbonyl (C=O) groups excluding carboxylic acids is 1. The third kappa shape index (κ3) is 3.04. The van der Waals surface area contributed by atoms with Crippen LogP contribution in [-0.4, -0.2) is 17.7 Å². The molecule has 2 aromatic rings. The van der Waals surface area contributed by atoms with E-state index in [9.17, 15) is 9.90 Å². The van der Waals surface area contributed by atoms with Crippen molar-refractivity contribution in [1.82, 2.24) is 10.6 Å². The number of aryl methyl sites for hydroxylation is 1. The molecule has 0 spiro atoms. The van der Waals surface area contributed by atoms with Gasteiger partial charge in [0.2, 0.25) is 0 Å². The fourth-order valence-electron chi connectivity index (χ4n) is 4.25. The normalized spacial score (nSPS) is 23.6. The van der Waals surface area contributed by atoms with Crippen LogP contribution >= 0.6 is 0 Å². The van der Waals surface area contributed by atoms with Gasteiger partial charge in [-0.15, -0.1) is 0 Å². The Morgan fingerprint density at radius 3 is 3.04 bits per heavy atom. The van der Waals surface area contributed by atoms with Gasteiger partial charge in [-0.2, -0.15) is 0 Å². The molecule has 0 aliphatic heterocycles. The van der Waals surface area contributed by atoms with E-state index in [4.69, 9.17) is 4.42 Å². The number of hydrogen-bond acceptors (Lipinski definition) is 3. The SMILES string of the molecule is CC(O)(CNC(=O)NC1CC2CCCc3cccc1c32)c1ccco1. The molecule has 1 aromatic heterocycles. The molecule has 2 amide bonds. The van der Waals surface area contributed by atoms with E-state index in [-0.39, 0.29) is 18.6 Å². The van der Waals surface area contributed by atoms with Gasteiger partial charge in [0.15, 0.2) is 0 Å². The summed E-state index contributed by atoms with van der Waals surface area (Å²) in [5.41, 5.74) is 2.93. The molecule has 0 saturated carbocycles. The second-order valence-electron chi connectivity index (χ2n) is 7.38. The van der Waals surface area contributed by atoms with Crippen molar-refractivity contribution in [3.63, 3.8) is 0 Å². The summed E-state index contributed by atoms with van der Waals surface area (Å²) >= 11 is 0. The van der Waals surface area contributed by atoms with Crippen molar-refractivity contribution in [2.45, 2.75) is 50.2 Å². The van der Waals surface area contributed by atoms with E-state index in [0.29, 0.717) is 11.7 Å². The predicted octanol–water partition coefficient (Wildman–Crippen LogP) is 3.35. The number of furan rings is 1.